The average molecular weight is 196 g/mol. The van der Waals surface area contributed by atoms with E-state index in [0.717, 1.165) is 5.56 Å². The monoisotopic (exact) mass is 196 g/mol. The smallest absolute Gasteiger partial charge is 0.317 e. The van der Waals surface area contributed by atoms with Crippen molar-refractivity contribution in [3.05, 3.63) is 30.7 Å². The first-order valence-corrected chi connectivity index (χ1v) is 4.15. The van der Waals surface area contributed by atoms with Crippen LogP contribution in [-0.2, 0) is 11.3 Å². The predicted molar refractivity (Wildman–Crippen MR) is 49.6 cm³/mol. The summed E-state index contributed by atoms with van der Waals surface area (Å²) in [4.78, 5) is 12.2. The number of aliphatic carboxylic acids is 1. The van der Waals surface area contributed by atoms with E-state index in [9.17, 15) is 4.79 Å². The summed E-state index contributed by atoms with van der Waals surface area (Å²) >= 11 is 0. The maximum atomic E-state index is 10.5. The summed E-state index contributed by atoms with van der Waals surface area (Å²) in [6.07, 6.45) is 4.73. The highest BCUT2D eigenvalue weighted by Gasteiger charge is 2.09. The van der Waals surface area contributed by atoms with E-state index < -0.39 is 5.97 Å². The van der Waals surface area contributed by atoms with Gasteiger partial charge in [0.1, 0.15) is 6.26 Å². The Bertz CT molecular complexity index is 295. The number of carboxylic acid groups (broad SMARTS) is 1. The summed E-state index contributed by atoms with van der Waals surface area (Å²) in [5, 5.41) is 12.2. The zero-order valence-electron chi connectivity index (χ0n) is 7.72. The van der Waals surface area contributed by atoms with E-state index in [1.807, 2.05) is 0 Å². The van der Waals surface area contributed by atoms with Gasteiger partial charge in [-0.05, 0) is 0 Å². The van der Waals surface area contributed by atoms with Crippen molar-refractivity contribution in [1.82, 2.24) is 10.1 Å². The lowest BCUT2D eigenvalue weighted by Crippen LogP contribution is -2.29. The number of carboxylic acids is 1. The molecular formula is C9H12N2O3. The molecule has 0 aliphatic carbocycles. The largest absolute Gasteiger partial charge is 0.480 e. The Morgan fingerprint density at radius 3 is 3.07 bits per heavy atom. The van der Waals surface area contributed by atoms with Gasteiger partial charge in [-0.1, -0.05) is 11.2 Å². The van der Waals surface area contributed by atoms with Crippen LogP contribution in [0, 0.1) is 0 Å². The molecule has 0 spiro atoms. The van der Waals surface area contributed by atoms with E-state index in [-0.39, 0.29) is 6.54 Å². The normalized spacial score (nSPS) is 10.4. The molecule has 1 rings (SSSR count). The average Bonchev–Trinajstić information content (AvgIpc) is 2.56. The molecule has 0 radical (unpaired) electrons. The SMILES string of the molecule is C=CCN(CC(=O)O)Cc1cnoc1. The molecule has 1 aromatic rings. The Kier molecular flexibility index (Phi) is 3.87. The van der Waals surface area contributed by atoms with Gasteiger partial charge in [-0.3, -0.25) is 9.69 Å². The molecule has 0 aliphatic heterocycles. The molecule has 76 valence electrons. The maximum Gasteiger partial charge on any atom is 0.317 e. The zero-order chi connectivity index (χ0) is 10.4. The summed E-state index contributed by atoms with van der Waals surface area (Å²) in [5.74, 6) is -0.858. The fourth-order valence-electron chi connectivity index (χ4n) is 1.12. The van der Waals surface area contributed by atoms with E-state index in [1.165, 1.54) is 6.26 Å². The van der Waals surface area contributed by atoms with Crippen molar-refractivity contribution < 1.29 is 14.4 Å². The Balaban J connectivity index is 2.50. The highest BCUT2D eigenvalue weighted by molar-refractivity contribution is 5.69. The second-order valence-corrected chi connectivity index (χ2v) is 2.88. The second kappa shape index (κ2) is 5.18. The highest BCUT2D eigenvalue weighted by atomic mass is 16.5. The summed E-state index contributed by atoms with van der Waals surface area (Å²) in [6.45, 7) is 4.57. The lowest BCUT2D eigenvalue weighted by Gasteiger charge is -2.16. The van der Waals surface area contributed by atoms with Gasteiger partial charge in [0.15, 0.2) is 0 Å². The van der Waals surface area contributed by atoms with Gasteiger partial charge in [0.25, 0.3) is 0 Å². The third-order valence-corrected chi connectivity index (χ3v) is 1.64. The van der Waals surface area contributed by atoms with Crippen LogP contribution in [0.3, 0.4) is 0 Å². The highest BCUT2D eigenvalue weighted by Crippen LogP contribution is 2.02. The molecular weight excluding hydrogens is 184 g/mol. The van der Waals surface area contributed by atoms with Crippen LogP contribution in [0.4, 0.5) is 0 Å². The summed E-state index contributed by atoms with van der Waals surface area (Å²) in [7, 11) is 0. The minimum Gasteiger partial charge on any atom is -0.480 e. The van der Waals surface area contributed by atoms with Crippen molar-refractivity contribution >= 4 is 5.97 Å². The Morgan fingerprint density at radius 1 is 1.79 bits per heavy atom. The summed E-state index contributed by atoms with van der Waals surface area (Å²) < 4.78 is 4.65. The molecule has 1 N–H and O–H groups in total. The number of rotatable bonds is 6. The third-order valence-electron chi connectivity index (χ3n) is 1.64. The molecule has 0 atom stereocenters. The van der Waals surface area contributed by atoms with E-state index in [1.54, 1.807) is 17.2 Å². The lowest BCUT2D eigenvalue weighted by molar-refractivity contribution is -0.138. The molecule has 1 heterocycles. The minimum atomic E-state index is -0.858. The molecule has 0 aliphatic rings. The molecule has 0 unspecified atom stereocenters. The number of aromatic nitrogens is 1. The van der Waals surface area contributed by atoms with Crippen LogP contribution < -0.4 is 0 Å². The quantitative estimate of drug-likeness (QED) is 0.680. The number of nitrogens with zero attached hydrogens (tertiary/aromatic N) is 2. The molecule has 1 aromatic heterocycles. The molecule has 0 bridgehead atoms. The predicted octanol–water partition coefficient (Wildman–Crippen LogP) is 0.747. The van der Waals surface area contributed by atoms with Crippen molar-refractivity contribution in [2.45, 2.75) is 6.54 Å². The second-order valence-electron chi connectivity index (χ2n) is 2.88. The van der Waals surface area contributed by atoms with Crippen molar-refractivity contribution in [2.24, 2.45) is 0 Å². The topological polar surface area (TPSA) is 66.6 Å². The van der Waals surface area contributed by atoms with E-state index >= 15 is 0 Å². The lowest BCUT2D eigenvalue weighted by atomic mass is 10.3. The molecule has 5 nitrogen and oxygen atoms in total. The van der Waals surface area contributed by atoms with Gasteiger partial charge in [0.05, 0.1) is 12.7 Å². The van der Waals surface area contributed by atoms with E-state index in [0.29, 0.717) is 13.1 Å². The molecule has 0 saturated carbocycles. The van der Waals surface area contributed by atoms with Crippen molar-refractivity contribution in [2.75, 3.05) is 13.1 Å². The summed E-state index contributed by atoms with van der Waals surface area (Å²) in [5.41, 5.74) is 0.855. The summed E-state index contributed by atoms with van der Waals surface area (Å²) in [6, 6.07) is 0. The van der Waals surface area contributed by atoms with Gasteiger partial charge in [-0.25, -0.2) is 0 Å². The van der Waals surface area contributed by atoms with E-state index in [4.69, 9.17) is 5.11 Å². The van der Waals surface area contributed by atoms with Crippen molar-refractivity contribution in [1.29, 1.82) is 0 Å². The van der Waals surface area contributed by atoms with Crippen LogP contribution in [0.25, 0.3) is 0 Å². The van der Waals surface area contributed by atoms with Crippen LogP contribution in [0.5, 0.6) is 0 Å². The van der Waals surface area contributed by atoms with Gasteiger partial charge in [0.2, 0.25) is 0 Å². The fraction of sp³-hybridized carbons (Fsp3) is 0.333. The standard InChI is InChI=1S/C9H12N2O3/c1-2-3-11(6-9(12)13)5-8-4-10-14-7-8/h2,4,7H,1,3,5-6H2,(H,12,13). The molecule has 0 aromatic carbocycles. The Labute approximate surface area is 81.6 Å². The fourth-order valence-corrected chi connectivity index (χ4v) is 1.12. The first-order valence-electron chi connectivity index (χ1n) is 4.15. The van der Waals surface area contributed by atoms with E-state index in [2.05, 4.69) is 16.3 Å². The van der Waals surface area contributed by atoms with Gasteiger partial charge in [-0.2, -0.15) is 0 Å². The maximum absolute atomic E-state index is 10.5. The van der Waals surface area contributed by atoms with Gasteiger partial charge in [0, 0.05) is 18.7 Å². The molecule has 0 fully saturated rings. The molecule has 14 heavy (non-hydrogen) atoms. The zero-order valence-corrected chi connectivity index (χ0v) is 7.72. The van der Waals surface area contributed by atoms with Crippen LogP contribution in [0.15, 0.2) is 29.6 Å². The minimum absolute atomic E-state index is 0.0167. The molecule has 5 heteroatoms. The van der Waals surface area contributed by atoms with Crippen molar-refractivity contribution in [3.8, 4) is 0 Å². The number of hydrogen-bond acceptors (Lipinski definition) is 4. The van der Waals surface area contributed by atoms with Gasteiger partial charge >= 0.3 is 5.97 Å². The Hall–Kier alpha value is -1.62. The van der Waals surface area contributed by atoms with Crippen LogP contribution in [-0.4, -0.2) is 34.2 Å². The first kappa shape index (κ1) is 10.5. The van der Waals surface area contributed by atoms with Crippen LogP contribution >= 0.6 is 0 Å². The Morgan fingerprint density at radius 2 is 2.57 bits per heavy atom. The molecule has 0 saturated heterocycles. The third kappa shape index (κ3) is 3.40. The number of hydrogen-bond donors (Lipinski definition) is 1. The van der Waals surface area contributed by atoms with Crippen LogP contribution in [0.1, 0.15) is 5.56 Å². The van der Waals surface area contributed by atoms with Gasteiger partial charge in [-0.15, -0.1) is 6.58 Å². The first-order chi connectivity index (χ1) is 6.72. The molecule has 0 amide bonds. The van der Waals surface area contributed by atoms with Crippen molar-refractivity contribution in [3.63, 3.8) is 0 Å². The van der Waals surface area contributed by atoms with Gasteiger partial charge < -0.3 is 9.63 Å². The number of carbonyl (C=O) groups is 1. The van der Waals surface area contributed by atoms with Crippen LogP contribution in [0.2, 0.25) is 0 Å².